The smallest absolute Gasteiger partial charge is 0.338 e. The zero-order chi connectivity index (χ0) is 14.4. The zero-order valence-electron chi connectivity index (χ0n) is 11.0. The van der Waals surface area contributed by atoms with Gasteiger partial charge in [-0.15, -0.1) is 0 Å². The second kappa shape index (κ2) is 6.91. The Hall–Kier alpha value is -2.07. The fourth-order valence-corrected chi connectivity index (χ4v) is 1.89. The van der Waals surface area contributed by atoms with E-state index in [1.165, 1.54) is 6.07 Å². The van der Waals surface area contributed by atoms with Gasteiger partial charge in [-0.2, -0.15) is 0 Å². The molecule has 1 heterocycles. The molecule has 0 N–H and O–H groups in total. The SMILES string of the molecule is Cc1cc(C(=O)OCCOc2ccccc2)cc(Cl)n1. The molecule has 0 saturated carbocycles. The highest BCUT2D eigenvalue weighted by atomic mass is 35.5. The van der Waals surface area contributed by atoms with Gasteiger partial charge in [0.1, 0.15) is 24.1 Å². The van der Waals surface area contributed by atoms with Crippen LogP contribution in [0, 0.1) is 6.92 Å². The van der Waals surface area contributed by atoms with E-state index >= 15 is 0 Å². The molecular formula is C15H14ClNO3. The van der Waals surface area contributed by atoms with Crippen LogP contribution >= 0.6 is 11.6 Å². The Balaban J connectivity index is 1.80. The lowest BCUT2D eigenvalue weighted by Crippen LogP contribution is -2.12. The molecule has 0 fully saturated rings. The summed E-state index contributed by atoms with van der Waals surface area (Å²) < 4.78 is 10.5. The summed E-state index contributed by atoms with van der Waals surface area (Å²) in [5, 5.41) is 0.275. The van der Waals surface area contributed by atoms with Gasteiger partial charge in [-0.05, 0) is 31.2 Å². The Morgan fingerprint density at radius 1 is 1.20 bits per heavy atom. The minimum absolute atomic E-state index is 0.173. The molecular weight excluding hydrogens is 278 g/mol. The number of ether oxygens (including phenoxy) is 2. The van der Waals surface area contributed by atoms with E-state index in [2.05, 4.69) is 4.98 Å². The van der Waals surface area contributed by atoms with Crippen LogP contribution in [0.3, 0.4) is 0 Å². The van der Waals surface area contributed by atoms with Gasteiger partial charge < -0.3 is 9.47 Å². The highest BCUT2D eigenvalue weighted by Gasteiger charge is 2.09. The van der Waals surface area contributed by atoms with Crippen molar-refractivity contribution in [2.45, 2.75) is 6.92 Å². The summed E-state index contributed by atoms with van der Waals surface area (Å²) in [5.74, 6) is 0.306. The summed E-state index contributed by atoms with van der Waals surface area (Å²) in [6.07, 6.45) is 0. The molecule has 0 unspecified atom stereocenters. The number of pyridine rings is 1. The van der Waals surface area contributed by atoms with Crippen molar-refractivity contribution in [3.8, 4) is 5.75 Å². The summed E-state index contributed by atoms with van der Waals surface area (Å²) >= 11 is 5.79. The van der Waals surface area contributed by atoms with Crippen LogP contribution in [0.2, 0.25) is 5.15 Å². The maximum absolute atomic E-state index is 11.8. The third-order valence-electron chi connectivity index (χ3n) is 2.49. The van der Waals surface area contributed by atoms with Crippen molar-refractivity contribution in [2.24, 2.45) is 0 Å². The highest BCUT2D eigenvalue weighted by Crippen LogP contribution is 2.12. The van der Waals surface area contributed by atoms with E-state index in [0.717, 1.165) is 5.75 Å². The molecule has 0 aliphatic rings. The van der Waals surface area contributed by atoms with E-state index in [1.807, 2.05) is 30.3 Å². The Morgan fingerprint density at radius 3 is 2.65 bits per heavy atom. The predicted octanol–water partition coefficient (Wildman–Crippen LogP) is 3.28. The van der Waals surface area contributed by atoms with Crippen molar-refractivity contribution in [1.29, 1.82) is 0 Å². The molecule has 0 aliphatic heterocycles. The first-order chi connectivity index (χ1) is 9.65. The maximum Gasteiger partial charge on any atom is 0.338 e. The van der Waals surface area contributed by atoms with Gasteiger partial charge in [0, 0.05) is 5.69 Å². The van der Waals surface area contributed by atoms with Crippen molar-refractivity contribution >= 4 is 17.6 Å². The first-order valence-electron chi connectivity index (χ1n) is 6.14. The van der Waals surface area contributed by atoms with Gasteiger partial charge in [-0.25, -0.2) is 9.78 Å². The van der Waals surface area contributed by atoms with Gasteiger partial charge in [0.2, 0.25) is 0 Å². The number of halogens is 1. The number of rotatable bonds is 5. The lowest BCUT2D eigenvalue weighted by molar-refractivity contribution is 0.0450. The Morgan fingerprint density at radius 2 is 1.95 bits per heavy atom. The van der Waals surface area contributed by atoms with Gasteiger partial charge in [-0.3, -0.25) is 0 Å². The number of aromatic nitrogens is 1. The van der Waals surface area contributed by atoms with Gasteiger partial charge in [0.25, 0.3) is 0 Å². The van der Waals surface area contributed by atoms with Crippen LogP contribution in [0.4, 0.5) is 0 Å². The normalized spacial score (nSPS) is 10.1. The lowest BCUT2D eigenvalue weighted by Gasteiger charge is -2.07. The number of hydrogen-bond donors (Lipinski definition) is 0. The number of nitrogens with zero attached hydrogens (tertiary/aromatic N) is 1. The minimum atomic E-state index is -0.436. The average molecular weight is 292 g/mol. The minimum Gasteiger partial charge on any atom is -0.490 e. The van der Waals surface area contributed by atoms with Gasteiger partial charge in [0.05, 0.1) is 5.56 Å². The predicted molar refractivity (Wildman–Crippen MR) is 76.2 cm³/mol. The lowest BCUT2D eigenvalue weighted by atomic mass is 10.2. The van der Waals surface area contributed by atoms with Crippen LogP contribution in [-0.4, -0.2) is 24.2 Å². The molecule has 0 amide bonds. The summed E-state index contributed by atoms with van der Waals surface area (Å²) in [4.78, 5) is 15.8. The Labute approximate surface area is 122 Å². The summed E-state index contributed by atoms with van der Waals surface area (Å²) in [5.41, 5.74) is 1.06. The van der Waals surface area contributed by atoms with E-state index in [1.54, 1.807) is 13.0 Å². The largest absolute Gasteiger partial charge is 0.490 e. The van der Waals surface area contributed by atoms with Crippen LogP contribution in [0.5, 0.6) is 5.75 Å². The van der Waals surface area contributed by atoms with E-state index in [9.17, 15) is 4.79 Å². The van der Waals surface area contributed by atoms with Crippen LogP contribution in [0.1, 0.15) is 16.1 Å². The molecule has 4 nitrogen and oxygen atoms in total. The number of aryl methyl sites for hydroxylation is 1. The molecule has 20 heavy (non-hydrogen) atoms. The molecule has 2 rings (SSSR count). The monoisotopic (exact) mass is 291 g/mol. The number of carbonyl (C=O) groups is 1. The molecule has 1 aromatic carbocycles. The van der Waals surface area contributed by atoms with E-state index in [4.69, 9.17) is 21.1 Å². The van der Waals surface area contributed by atoms with Gasteiger partial charge >= 0.3 is 5.97 Å². The fourth-order valence-electron chi connectivity index (χ4n) is 1.64. The van der Waals surface area contributed by atoms with Crippen molar-refractivity contribution in [3.63, 3.8) is 0 Å². The maximum atomic E-state index is 11.8. The second-order valence-corrected chi connectivity index (χ2v) is 4.50. The molecule has 0 bridgehead atoms. The zero-order valence-corrected chi connectivity index (χ0v) is 11.8. The number of carbonyl (C=O) groups excluding carboxylic acids is 1. The van der Waals surface area contributed by atoms with Gasteiger partial charge in [0.15, 0.2) is 0 Å². The molecule has 104 valence electrons. The third-order valence-corrected chi connectivity index (χ3v) is 2.68. The molecule has 0 atom stereocenters. The van der Waals surface area contributed by atoms with Crippen LogP contribution in [0.15, 0.2) is 42.5 Å². The number of benzene rings is 1. The topological polar surface area (TPSA) is 48.4 Å². The number of esters is 1. The van der Waals surface area contributed by atoms with Crippen molar-refractivity contribution in [2.75, 3.05) is 13.2 Å². The van der Waals surface area contributed by atoms with Crippen LogP contribution < -0.4 is 4.74 Å². The number of hydrogen-bond acceptors (Lipinski definition) is 4. The van der Waals surface area contributed by atoms with E-state index < -0.39 is 5.97 Å². The first-order valence-corrected chi connectivity index (χ1v) is 6.52. The van der Waals surface area contributed by atoms with Gasteiger partial charge in [-0.1, -0.05) is 29.8 Å². The third kappa shape index (κ3) is 4.24. The molecule has 0 aliphatic carbocycles. The average Bonchev–Trinajstić information content (AvgIpc) is 2.43. The van der Waals surface area contributed by atoms with E-state index in [-0.39, 0.29) is 11.8 Å². The quantitative estimate of drug-likeness (QED) is 0.482. The Kier molecular flexibility index (Phi) is 4.96. The van der Waals surface area contributed by atoms with Crippen molar-refractivity contribution in [1.82, 2.24) is 4.98 Å². The molecule has 2 aromatic rings. The molecule has 1 aromatic heterocycles. The first kappa shape index (κ1) is 14.3. The number of para-hydroxylation sites is 1. The van der Waals surface area contributed by atoms with Crippen LogP contribution in [-0.2, 0) is 4.74 Å². The molecule has 5 heteroatoms. The summed E-state index contributed by atoms with van der Waals surface area (Å²) in [7, 11) is 0. The molecule has 0 spiro atoms. The second-order valence-electron chi connectivity index (χ2n) is 4.12. The van der Waals surface area contributed by atoms with Crippen molar-refractivity contribution < 1.29 is 14.3 Å². The summed E-state index contributed by atoms with van der Waals surface area (Å²) in [6.45, 7) is 2.24. The Bertz CT molecular complexity index is 567. The standard InChI is InChI=1S/C15H14ClNO3/c1-11-9-12(10-14(16)17-11)15(18)20-8-7-19-13-5-3-2-4-6-13/h2-6,9-10H,7-8H2,1H3. The fraction of sp³-hybridized carbons (Fsp3) is 0.200. The molecule has 0 radical (unpaired) electrons. The molecule has 0 saturated heterocycles. The van der Waals surface area contributed by atoms with Crippen molar-refractivity contribution in [3.05, 3.63) is 58.9 Å². The highest BCUT2D eigenvalue weighted by molar-refractivity contribution is 6.29. The van der Waals surface area contributed by atoms with Crippen LogP contribution in [0.25, 0.3) is 0 Å². The van der Waals surface area contributed by atoms with E-state index in [0.29, 0.717) is 17.9 Å². The summed E-state index contributed by atoms with van der Waals surface area (Å²) in [6, 6.07) is 12.5.